The van der Waals surface area contributed by atoms with Gasteiger partial charge in [-0.25, -0.2) is 4.39 Å². The first kappa shape index (κ1) is 21.2. The van der Waals surface area contributed by atoms with Crippen LogP contribution >= 0.6 is 0 Å². The Morgan fingerprint density at radius 2 is 1.56 bits per heavy atom. The van der Waals surface area contributed by atoms with Crippen molar-refractivity contribution < 1.29 is 23.0 Å². The summed E-state index contributed by atoms with van der Waals surface area (Å²) in [6.45, 7) is 0. The SMILES string of the molecule is COc1ccc(C=Cc2cc(OC)cc(OC)c2-c2cc(=O)c3cc(F)ccc3o2)cc1. The third-order valence-electron chi connectivity index (χ3n) is 5.07. The van der Waals surface area contributed by atoms with Crippen molar-refractivity contribution in [2.75, 3.05) is 21.3 Å². The lowest BCUT2D eigenvalue weighted by molar-refractivity contribution is 0.394. The first-order chi connectivity index (χ1) is 15.5. The Balaban J connectivity index is 1.89. The molecule has 0 atom stereocenters. The third kappa shape index (κ3) is 4.21. The topological polar surface area (TPSA) is 57.9 Å². The fraction of sp³-hybridized carbons (Fsp3) is 0.115. The van der Waals surface area contributed by atoms with E-state index in [1.807, 2.05) is 42.5 Å². The molecule has 3 aromatic carbocycles. The van der Waals surface area contributed by atoms with Crippen molar-refractivity contribution >= 4 is 23.1 Å². The summed E-state index contributed by atoms with van der Waals surface area (Å²) in [5.41, 5.74) is 2.21. The van der Waals surface area contributed by atoms with Crippen molar-refractivity contribution in [3.63, 3.8) is 0 Å². The van der Waals surface area contributed by atoms with E-state index in [9.17, 15) is 9.18 Å². The summed E-state index contributed by atoms with van der Waals surface area (Å²) in [5, 5.41) is 0.177. The van der Waals surface area contributed by atoms with E-state index in [4.69, 9.17) is 18.6 Å². The highest BCUT2D eigenvalue weighted by molar-refractivity contribution is 5.86. The number of ether oxygens (including phenoxy) is 3. The molecule has 162 valence electrons. The molecule has 0 N–H and O–H groups in total. The van der Waals surface area contributed by atoms with Crippen molar-refractivity contribution in [3.8, 4) is 28.6 Å². The predicted molar refractivity (Wildman–Crippen MR) is 123 cm³/mol. The van der Waals surface area contributed by atoms with Crippen molar-refractivity contribution in [2.45, 2.75) is 0 Å². The molecule has 0 aliphatic carbocycles. The Labute approximate surface area is 184 Å². The number of halogens is 1. The number of benzene rings is 3. The fourth-order valence-corrected chi connectivity index (χ4v) is 3.44. The normalized spacial score (nSPS) is 11.1. The summed E-state index contributed by atoms with van der Waals surface area (Å²) in [4.78, 5) is 12.7. The molecule has 0 amide bonds. The van der Waals surface area contributed by atoms with Crippen LogP contribution in [0.2, 0.25) is 0 Å². The fourth-order valence-electron chi connectivity index (χ4n) is 3.44. The minimum absolute atomic E-state index is 0.177. The smallest absolute Gasteiger partial charge is 0.193 e. The molecule has 0 saturated heterocycles. The minimum atomic E-state index is -0.498. The second kappa shape index (κ2) is 8.98. The average molecular weight is 432 g/mol. The zero-order valence-corrected chi connectivity index (χ0v) is 17.8. The number of hydrogen-bond donors (Lipinski definition) is 0. The van der Waals surface area contributed by atoms with Crippen LogP contribution in [0.5, 0.6) is 17.2 Å². The van der Waals surface area contributed by atoms with Crippen LogP contribution in [0, 0.1) is 5.82 Å². The second-order valence-electron chi connectivity index (χ2n) is 7.02. The maximum atomic E-state index is 13.6. The zero-order valence-electron chi connectivity index (χ0n) is 17.8. The van der Waals surface area contributed by atoms with Gasteiger partial charge < -0.3 is 18.6 Å². The van der Waals surface area contributed by atoms with Crippen LogP contribution in [0.4, 0.5) is 4.39 Å². The Hall–Kier alpha value is -4.06. The van der Waals surface area contributed by atoms with Crippen LogP contribution in [0.15, 0.2) is 69.9 Å². The molecule has 5 nitrogen and oxygen atoms in total. The number of rotatable bonds is 6. The summed E-state index contributed by atoms with van der Waals surface area (Å²) in [6.07, 6.45) is 3.81. The molecule has 6 heteroatoms. The lowest BCUT2D eigenvalue weighted by Gasteiger charge is -2.14. The maximum absolute atomic E-state index is 13.6. The molecule has 4 aromatic rings. The highest BCUT2D eigenvalue weighted by atomic mass is 19.1. The molecule has 0 spiro atoms. The number of hydrogen-bond acceptors (Lipinski definition) is 5. The highest BCUT2D eigenvalue weighted by Gasteiger charge is 2.17. The van der Waals surface area contributed by atoms with Gasteiger partial charge in [-0.15, -0.1) is 0 Å². The van der Waals surface area contributed by atoms with Gasteiger partial charge in [-0.1, -0.05) is 24.3 Å². The second-order valence-corrected chi connectivity index (χ2v) is 7.02. The van der Waals surface area contributed by atoms with Crippen molar-refractivity contribution in [3.05, 3.63) is 87.8 Å². The Kier molecular flexibility index (Phi) is 5.94. The van der Waals surface area contributed by atoms with Crippen molar-refractivity contribution in [1.82, 2.24) is 0 Å². The summed E-state index contributed by atoms with van der Waals surface area (Å²) in [7, 11) is 4.71. The van der Waals surface area contributed by atoms with E-state index in [1.165, 1.54) is 31.4 Å². The van der Waals surface area contributed by atoms with Gasteiger partial charge in [-0.2, -0.15) is 0 Å². The van der Waals surface area contributed by atoms with Gasteiger partial charge in [-0.05, 0) is 47.5 Å². The van der Waals surface area contributed by atoms with E-state index in [0.29, 0.717) is 22.8 Å². The molecule has 0 radical (unpaired) electrons. The molecular formula is C26H21FO5. The summed E-state index contributed by atoms with van der Waals surface area (Å²) in [6, 6.07) is 16.3. The summed E-state index contributed by atoms with van der Waals surface area (Å²) in [5.74, 6) is 1.64. The van der Waals surface area contributed by atoms with Gasteiger partial charge in [0, 0.05) is 12.1 Å². The van der Waals surface area contributed by atoms with E-state index in [-0.39, 0.29) is 16.4 Å². The van der Waals surface area contributed by atoms with Crippen LogP contribution in [0.1, 0.15) is 11.1 Å². The maximum Gasteiger partial charge on any atom is 0.193 e. The molecule has 0 aliphatic rings. The first-order valence-corrected chi connectivity index (χ1v) is 9.84. The average Bonchev–Trinajstić information content (AvgIpc) is 2.82. The van der Waals surface area contributed by atoms with E-state index in [0.717, 1.165) is 16.9 Å². The largest absolute Gasteiger partial charge is 0.497 e. The molecule has 0 aliphatic heterocycles. The van der Waals surface area contributed by atoms with Gasteiger partial charge in [0.25, 0.3) is 0 Å². The Morgan fingerprint density at radius 1 is 0.812 bits per heavy atom. The summed E-state index contributed by atoms with van der Waals surface area (Å²) >= 11 is 0. The summed E-state index contributed by atoms with van der Waals surface area (Å²) < 4.78 is 35.8. The Bertz CT molecular complexity index is 1350. The van der Waals surface area contributed by atoms with Crippen LogP contribution in [-0.4, -0.2) is 21.3 Å². The molecule has 4 rings (SSSR count). The lowest BCUT2D eigenvalue weighted by atomic mass is 10.0. The quantitative estimate of drug-likeness (QED) is 0.361. The molecule has 0 saturated carbocycles. The standard InChI is InChI=1S/C26H21FO5/c1-29-19-9-5-16(6-10-19)4-7-17-12-20(30-2)14-24(31-3)26(17)25-15-22(28)21-13-18(27)8-11-23(21)32-25/h4-15H,1-3H3. The minimum Gasteiger partial charge on any atom is -0.497 e. The van der Waals surface area contributed by atoms with Gasteiger partial charge in [0.2, 0.25) is 0 Å². The Morgan fingerprint density at radius 3 is 2.25 bits per heavy atom. The highest BCUT2D eigenvalue weighted by Crippen LogP contribution is 2.38. The molecule has 0 fully saturated rings. The van der Waals surface area contributed by atoms with E-state index in [2.05, 4.69) is 0 Å². The molecule has 32 heavy (non-hydrogen) atoms. The third-order valence-corrected chi connectivity index (χ3v) is 5.07. The molecule has 0 unspecified atom stereocenters. The predicted octanol–water partition coefficient (Wildman–Crippen LogP) is 5.80. The van der Waals surface area contributed by atoms with Gasteiger partial charge in [0.05, 0.1) is 32.3 Å². The van der Waals surface area contributed by atoms with Crippen LogP contribution in [-0.2, 0) is 0 Å². The monoisotopic (exact) mass is 432 g/mol. The number of methoxy groups -OCH3 is 3. The lowest BCUT2D eigenvalue weighted by Crippen LogP contribution is -2.02. The molecule has 1 heterocycles. The van der Waals surface area contributed by atoms with E-state index >= 15 is 0 Å². The molecular weight excluding hydrogens is 411 g/mol. The van der Waals surface area contributed by atoms with Gasteiger partial charge in [0.15, 0.2) is 5.43 Å². The van der Waals surface area contributed by atoms with Crippen LogP contribution < -0.4 is 19.6 Å². The van der Waals surface area contributed by atoms with Crippen molar-refractivity contribution in [1.29, 1.82) is 0 Å². The first-order valence-electron chi connectivity index (χ1n) is 9.84. The van der Waals surface area contributed by atoms with Crippen LogP contribution in [0.3, 0.4) is 0 Å². The van der Waals surface area contributed by atoms with E-state index < -0.39 is 5.82 Å². The zero-order chi connectivity index (χ0) is 22.7. The van der Waals surface area contributed by atoms with E-state index in [1.54, 1.807) is 20.3 Å². The van der Waals surface area contributed by atoms with Gasteiger partial charge in [0.1, 0.15) is 34.4 Å². The molecule has 0 bridgehead atoms. The van der Waals surface area contributed by atoms with Crippen molar-refractivity contribution in [2.24, 2.45) is 0 Å². The van der Waals surface area contributed by atoms with Crippen LogP contribution in [0.25, 0.3) is 34.4 Å². The number of fused-ring (bicyclic) bond motifs is 1. The van der Waals surface area contributed by atoms with Gasteiger partial charge in [-0.3, -0.25) is 4.79 Å². The van der Waals surface area contributed by atoms with Gasteiger partial charge >= 0.3 is 0 Å². The molecule has 1 aromatic heterocycles.